The van der Waals surface area contributed by atoms with Crippen LogP contribution in [0.1, 0.15) is 106 Å². The Morgan fingerprint density at radius 2 is 1.77 bits per heavy atom. The average molecular weight is 417 g/mol. The Balaban J connectivity index is 1.60. The summed E-state index contributed by atoms with van der Waals surface area (Å²) >= 11 is 0. The molecule has 0 spiro atoms. The summed E-state index contributed by atoms with van der Waals surface area (Å²) in [6.07, 6.45) is 10.6. The second-order valence-corrected chi connectivity index (χ2v) is 12.3. The van der Waals surface area contributed by atoms with Crippen molar-refractivity contribution in [2.24, 2.45) is 39.9 Å². The molecule has 4 rings (SSSR count). The molecule has 3 aliphatic carbocycles. The van der Waals surface area contributed by atoms with E-state index in [4.69, 9.17) is 4.74 Å². The van der Waals surface area contributed by atoms with E-state index in [0.29, 0.717) is 12.3 Å². The zero-order valence-corrected chi connectivity index (χ0v) is 20.2. The molecule has 1 N–H and O–H groups in total. The van der Waals surface area contributed by atoms with Crippen LogP contribution in [-0.2, 0) is 9.53 Å². The van der Waals surface area contributed by atoms with E-state index < -0.39 is 5.41 Å². The van der Waals surface area contributed by atoms with E-state index in [1.165, 1.54) is 37.7 Å². The van der Waals surface area contributed by atoms with E-state index in [2.05, 4.69) is 34.6 Å². The number of hydrogen-bond acceptors (Lipinski definition) is 3. The highest BCUT2D eigenvalue weighted by atomic mass is 16.5. The minimum absolute atomic E-state index is 0.0832. The number of aliphatic hydroxyl groups is 1. The number of fused-ring (bicyclic) bond motifs is 4. The first-order valence-corrected chi connectivity index (χ1v) is 12.7. The predicted molar refractivity (Wildman–Crippen MR) is 121 cm³/mol. The molecule has 2 unspecified atom stereocenters. The largest absolute Gasteiger partial charge is 0.430 e. The molecule has 0 amide bonds. The third kappa shape index (κ3) is 3.21. The van der Waals surface area contributed by atoms with Crippen LogP contribution in [0.3, 0.4) is 0 Å². The van der Waals surface area contributed by atoms with Gasteiger partial charge in [-0.1, -0.05) is 53.9 Å². The number of hydrogen-bond donors (Lipinski definition) is 1. The van der Waals surface area contributed by atoms with Gasteiger partial charge in [-0.25, -0.2) is 0 Å². The average Bonchev–Trinajstić information content (AvgIpc) is 3.01. The lowest BCUT2D eigenvalue weighted by Gasteiger charge is -2.57. The second kappa shape index (κ2) is 7.64. The van der Waals surface area contributed by atoms with Crippen LogP contribution >= 0.6 is 0 Å². The van der Waals surface area contributed by atoms with Gasteiger partial charge in [0.05, 0.1) is 11.5 Å². The summed E-state index contributed by atoms with van der Waals surface area (Å²) in [4.78, 5) is 13.3. The summed E-state index contributed by atoms with van der Waals surface area (Å²) in [6, 6.07) is 0. The summed E-state index contributed by atoms with van der Waals surface area (Å²) in [5.74, 6) is 3.64. The number of aliphatic hydroxyl groups excluding tert-OH is 1. The molecule has 170 valence electrons. The Kier molecular flexibility index (Phi) is 5.70. The normalized spacial score (nSPS) is 44.4. The van der Waals surface area contributed by atoms with Crippen molar-refractivity contribution in [1.29, 1.82) is 0 Å². The first kappa shape index (κ1) is 22.4. The van der Waals surface area contributed by atoms with Gasteiger partial charge in [-0.15, -0.1) is 0 Å². The molecule has 7 atom stereocenters. The maximum absolute atomic E-state index is 13.3. The fraction of sp³-hybridized carbons (Fsp3) is 0.889. The van der Waals surface area contributed by atoms with Crippen molar-refractivity contribution in [1.82, 2.24) is 0 Å². The number of ether oxygens (including phenoxy) is 1. The summed E-state index contributed by atoms with van der Waals surface area (Å²) in [6.45, 7) is 13.9. The monoisotopic (exact) mass is 416 g/mol. The maximum Gasteiger partial charge on any atom is 0.317 e. The van der Waals surface area contributed by atoms with Crippen LogP contribution in [-0.4, -0.2) is 17.2 Å². The van der Waals surface area contributed by atoms with Crippen LogP contribution in [0.2, 0.25) is 0 Å². The third-order valence-corrected chi connectivity index (χ3v) is 10.2. The van der Waals surface area contributed by atoms with E-state index >= 15 is 0 Å². The number of rotatable bonds is 5. The van der Waals surface area contributed by atoms with Crippen LogP contribution in [0.4, 0.5) is 0 Å². The second-order valence-electron chi connectivity index (χ2n) is 12.3. The van der Waals surface area contributed by atoms with Gasteiger partial charge in [0, 0.05) is 11.3 Å². The van der Waals surface area contributed by atoms with Crippen molar-refractivity contribution in [3.63, 3.8) is 0 Å². The van der Waals surface area contributed by atoms with Crippen LogP contribution in [0.5, 0.6) is 0 Å². The topological polar surface area (TPSA) is 46.5 Å². The smallest absolute Gasteiger partial charge is 0.317 e. The Morgan fingerprint density at radius 3 is 2.47 bits per heavy atom. The number of carbonyl (C=O) groups is 1. The molecular formula is C27H44O3. The molecule has 0 aromatic rings. The van der Waals surface area contributed by atoms with Gasteiger partial charge < -0.3 is 9.84 Å². The van der Waals surface area contributed by atoms with E-state index in [9.17, 15) is 9.90 Å². The highest BCUT2D eigenvalue weighted by molar-refractivity contribution is 5.81. The van der Waals surface area contributed by atoms with Gasteiger partial charge in [0.2, 0.25) is 0 Å². The zero-order valence-electron chi connectivity index (χ0n) is 20.2. The predicted octanol–water partition coefficient (Wildman–Crippen LogP) is 6.64. The minimum atomic E-state index is -0.584. The van der Waals surface area contributed by atoms with Gasteiger partial charge in [0.1, 0.15) is 5.76 Å². The van der Waals surface area contributed by atoms with Gasteiger partial charge >= 0.3 is 5.97 Å². The number of allylic oxidation sites excluding steroid dienone is 2. The summed E-state index contributed by atoms with van der Waals surface area (Å²) in [5, 5.41) is 10.3. The first-order valence-electron chi connectivity index (χ1n) is 12.7. The van der Waals surface area contributed by atoms with Crippen molar-refractivity contribution in [2.45, 2.75) is 112 Å². The summed E-state index contributed by atoms with van der Waals surface area (Å²) in [7, 11) is 0. The lowest BCUT2D eigenvalue weighted by molar-refractivity contribution is -0.174. The van der Waals surface area contributed by atoms with Crippen LogP contribution in [0.15, 0.2) is 11.3 Å². The fourth-order valence-electron chi connectivity index (χ4n) is 7.98. The van der Waals surface area contributed by atoms with E-state index in [0.717, 1.165) is 49.2 Å². The third-order valence-electron chi connectivity index (χ3n) is 10.2. The molecule has 3 nitrogen and oxygen atoms in total. The van der Waals surface area contributed by atoms with Crippen molar-refractivity contribution in [3.8, 4) is 0 Å². The van der Waals surface area contributed by atoms with Gasteiger partial charge in [0.15, 0.2) is 0 Å². The lowest BCUT2D eigenvalue weighted by Crippen LogP contribution is -2.56. The zero-order chi connectivity index (χ0) is 21.9. The minimum Gasteiger partial charge on any atom is -0.430 e. The van der Waals surface area contributed by atoms with Gasteiger partial charge in [-0.3, -0.25) is 4.79 Å². The molecule has 0 saturated heterocycles. The molecule has 2 fully saturated rings. The summed E-state index contributed by atoms with van der Waals surface area (Å²) in [5.41, 5.74) is 0.944. The fourth-order valence-corrected chi connectivity index (χ4v) is 7.98. The van der Waals surface area contributed by atoms with Crippen molar-refractivity contribution in [2.75, 3.05) is 0 Å². The molecule has 1 aliphatic heterocycles. The SMILES string of the molecule is CC(C)CCCC(C)[C@H]1CC[C@H]2C3=C(CC[C@]12C)[C@@]1(C)CC[C@H](O)CC1(C)C(=O)O3. The van der Waals surface area contributed by atoms with E-state index in [-0.39, 0.29) is 22.9 Å². The standard InChI is InChI=1S/C27H44O3/c1-17(2)8-7-9-18(3)20-10-11-21-23-22(13-14-25(20,21)4)26(5)15-12-19(28)16-27(26,6)24(29)30-23/h17-21,28H,7-16H2,1-6H3/t18?,19-,20+,21-,25+,26+,27?/m0/s1. The molecule has 2 saturated carbocycles. The van der Waals surface area contributed by atoms with Gasteiger partial charge in [-0.05, 0) is 80.6 Å². The van der Waals surface area contributed by atoms with Crippen molar-refractivity contribution >= 4 is 5.97 Å². The lowest BCUT2D eigenvalue weighted by atomic mass is 9.49. The molecule has 0 radical (unpaired) electrons. The highest BCUT2D eigenvalue weighted by Crippen LogP contribution is 2.67. The summed E-state index contributed by atoms with van der Waals surface area (Å²) < 4.78 is 6.23. The van der Waals surface area contributed by atoms with E-state index in [1.807, 2.05) is 6.92 Å². The molecule has 1 heterocycles. The van der Waals surface area contributed by atoms with E-state index in [1.54, 1.807) is 0 Å². The maximum atomic E-state index is 13.3. The molecular weight excluding hydrogens is 372 g/mol. The quantitative estimate of drug-likeness (QED) is 0.511. The Hall–Kier alpha value is -0.830. The Bertz CT molecular complexity index is 724. The highest BCUT2D eigenvalue weighted by Gasteiger charge is 2.63. The van der Waals surface area contributed by atoms with Gasteiger partial charge in [-0.2, -0.15) is 0 Å². The van der Waals surface area contributed by atoms with Crippen LogP contribution < -0.4 is 0 Å². The first-order chi connectivity index (χ1) is 14.0. The molecule has 4 aliphatic rings. The van der Waals surface area contributed by atoms with Crippen LogP contribution in [0, 0.1) is 39.9 Å². The molecule has 0 bridgehead atoms. The van der Waals surface area contributed by atoms with Crippen LogP contribution in [0.25, 0.3) is 0 Å². The number of carbonyl (C=O) groups excluding carboxylic acids is 1. The molecule has 3 heteroatoms. The molecule has 0 aromatic heterocycles. The number of esters is 1. The Morgan fingerprint density at radius 1 is 1.03 bits per heavy atom. The van der Waals surface area contributed by atoms with Crippen molar-refractivity contribution < 1.29 is 14.6 Å². The molecule has 30 heavy (non-hydrogen) atoms. The van der Waals surface area contributed by atoms with Gasteiger partial charge in [0.25, 0.3) is 0 Å². The van der Waals surface area contributed by atoms with Crippen molar-refractivity contribution in [3.05, 3.63) is 11.3 Å². The Labute approximate surface area is 184 Å². The molecule has 0 aromatic carbocycles.